The Kier molecular flexibility index (Phi) is 7.16. The molecule has 0 saturated carbocycles. The number of hydrogen-bond donors (Lipinski definition) is 1. The zero-order valence-electron chi connectivity index (χ0n) is 18.7. The van der Waals surface area contributed by atoms with Crippen LogP contribution in [0.25, 0.3) is 11.1 Å². The molecule has 0 aliphatic carbocycles. The molecule has 8 heteroatoms. The average Bonchev–Trinajstić information content (AvgIpc) is 2.69. The van der Waals surface area contributed by atoms with Gasteiger partial charge in [-0.05, 0) is 69.0 Å². The lowest BCUT2D eigenvalue weighted by molar-refractivity contribution is -0.175. The lowest BCUT2D eigenvalue weighted by atomic mass is 9.93. The van der Waals surface area contributed by atoms with Gasteiger partial charge in [-0.2, -0.15) is 0 Å². The summed E-state index contributed by atoms with van der Waals surface area (Å²) >= 11 is 0. The first-order valence-corrected chi connectivity index (χ1v) is 10.5. The number of hydrogen-bond acceptors (Lipinski definition) is 6. The molecule has 1 aliphatic heterocycles. The minimum absolute atomic E-state index is 0.0458. The standard InChI is InChI=1S/C25H26FNO6/c1-15-31-22(28)21(23(29)32-15)14-20(27-24(30)33-25(2,3)4)12-16-8-10-17(11-9-16)18-6-5-7-19(26)13-18/h5-11,13,20-21H,1,12,14H2,2-4H3,(H,27,30)/t20-/m0/s1. The van der Waals surface area contributed by atoms with E-state index in [1.807, 2.05) is 24.3 Å². The molecule has 0 aromatic heterocycles. The highest BCUT2D eigenvalue weighted by atomic mass is 19.1. The molecular weight excluding hydrogens is 429 g/mol. The van der Waals surface area contributed by atoms with Gasteiger partial charge in [0, 0.05) is 6.04 Å². The summed E-state index contributed by atoms with van der Waals surface area (Å²) in [6.45, 7) is 8.52. The Morgan fingerprint density at radius 2 is 1.73 bits per heavy atom. The molecule has 33 heavy (non-hydrogen) atoms. The predicted molar refractivity (Wildman–Crippen MR) is 118 cm³/mol. The molecule has 1 N–H and O–H groups in total. The van der Waals surface area contributed by atoms with Crippen molar-refractivity contribution in [2.24, 2.45) is 5.92 Å². The van der Waals surface area contributed by atoms with Gasteiger partial charge in [0.2, 0.25) is 0 Å². The van der Waals surface area contributed by atoms with E-state index in [1.54, 1.807) is 32.9 Å². The summed E-state index contributed by atoms with van der Waals surface area (Å²) in [5.74, 6) is -3.47. The zero-order valence-corrected chi connectivity index (χ0v) is 18.7. The van der Waals surface area contributed by atoms with Gasteiger partial charge in [-0.15, -0.1) is 0 Å². The number of carbonyl (C=O) groups is 3. The number of halogens is 1. The Bertz CT molecular complexity index is 1040. The maximum Gasteiger partial charge on any atom is 0.407 e. The molecule has 1 atom stereocenters. The molecule has 0 radical (unpaired) electrons. The fourth-order valence-corrected chi connectivity index (χ4v) is 3.41. The fourth-order valence-electron chi connectivity index (χ4n) is 3.41. The first kappa shape index (κ1) is 24.0. The molecule has 2 aromatic rings. The molecule has 0 bridgehead atoms. The van der Waals surface area contributed by atoms with Crippen LogP contribution in [0, 0.1) is 11.7 Å². The van der Waals surface area contributed by atoms with Gasteiger partial charge in [0.05, 0.1) is 0 Å². The number of nitrogens with one attached hydrogen (secondary N) is 1. The van der Waals surface area contributed by atoms with E-state index in [2.05, 4.69) is 11.9 Å². The first-order valence-electron chi connectivity index (χ1n) is 10.5. The van der Waals surface area contributed by atoms with Gasteiger partial charge in [-0.1, -0.05) is 36.4 Å². The van der Waals surface area contributed by atoms with E-state index in [0.717, 1.165) is 16.7 Å². The molecule has 1 fully saturated rings. The minimum atomic E-state index is -1.21. The quantitative estimate of drug-likeness (QED) is 0.509. The van der Waals surface area contributed by atoms with E-state index in [1.165, 1.54) is 12.1 Å². The number of carbonyl (C=O) groups excluding carboxylic acids is 3. The van der Waals surface area contributed by atoms with E-state index >= 15 is 0 Å². The zero-order chi connectivity index (χ0) is 24.2. The number of alkyl carbamates (subject to hydrolysis) is 1. The molecule has 0 unspecified atom stereocenters. The van der Waals surface area contributed by atoms with Crippen molar-refractivity contribution in [2.75, 3.05) is 0 Å². The van der Waals surface area contributed by atoms with Crippen molar-refractivity contribution in [3.05, 3.63) is 72.4 Å². The second-order valence-electron chi connectivity index (χ2n) is 8.76. The largest absolute Gasteiger partial charge is 0.444 e. The van der Waals surface area contributed by atoms with Crippen LogP contribution in [0.2, 0.25) is 0 Å². The van der Waals surface area contributed by atoms with Crippen molar-refractivity contribution >= 4 is 18.0 Å². The summed E-state index contributed by atoms with van der Waals surface area (Å²) in [7, 11) is 0. The predicted octanol–water partition coefficient (Wildman–Crippen LogP) is 4.51. The van der Waals surface area contributed by atoms with Gasteiger partial charge >= 0.3 is 18.0 Å². The van der Waals surface area contributed by atoms with Crippen molar-refractivity contribution in [1.82, 2.24) is 5.32 Å². The number of cyclic esters (lactones) is 2. The summed E-state index contributed by atoms with van der Waals surface area (Å²) in [5, 5.41) is 2.73. The van der Waals surface area contributed by atoms with Crippen LogP contribution in [0.5, 0.6) is 0 Å². The third-order valence-electron chi connectivity index (χ3n) is 4.83. The smallest absolute Gasteiger partial charge is 0.407 e. The highest BCUT2D eigenvalue weighted by Crippen LogP contribution is 2.24. The van der Waals surface area contributed by atoms with Crippen molar-refractivity contribution in [2.45, 2.75) is 45.3 Å². The third-order valence-corrected chi connectivity index (χ3v) is 4.83. The summed E-state index contributed by atoms with van der Waals surface area (Å²) in [6, 6.07) is 13.0. The molecule has 174 valence electrons. The van der Waals surface area contributed by atoms with Gasteiger partial charge in [0.25, 0.3) is 5.95 Å². The average molecular weight is 455 g/mol. The van der Waals surface area contributed by atoms with Crippen LogP contribution in [0.3, 0.4) is 0 Å². The van der Waals surface area contributed by atoms with Crippen LogP contribution in [-0.2, 0) is 30.2 Å². The Labute approximate surface area is 191 Å². The molecule has 7 nitrogen and oxygen atoms in total. The van der Waals surface area contributed by atoms with E-state index in [-0.39, 0.29) is 18.2 Å². The summed E-state index contributed by atoms with van der Waals surface area (Å²) < 4.78 is 28.5. The summed E-state index contributed by atoms with van der Waals surface area (Å²) in [4.78, 5) is 36.7. The molecule has 0 spiro atoms. The van der Waals surface area contributed by atoms with Crippen LogP contribution in [0.4, 0.5) is 9.18 Å². The molecule has 2 aromatic carbocycles. The fraction of sp³-hybridized carbons (Fsp3) is 0.320. The van der Waals surface area contributed by atoms with E-state index in [4.69, 9.17) is 14.2 Å². The lowest BCUT2D eigenvalue weighted by Crippen LogP contribution is -2.44. The Hall–Kier alpha value is -3.68. The maximum absolute atomic E-state index is 13.5. The van der Waals surface area contributed by atoms with Gasteiger partial charge < -0.3 is 19.5 Å². The van der Waals surface area contributed by atoms with Crippen molar-refractivity contribution in [3.63, 3.8) is 0 Å². The van der Waals surface area contributed by atoms with Gasteiger partial charge in [0.15, 0.2) is 5.92 Å². The maximum atomic E-state index is 13.5. The number of amides is 1. The highest BCUT2D eigenvalue weighted by molar-refractivity contribution is 5.97. The van der Waals surface area contributed by atoms with Crippen LogP contribution in [-0.4, -0.2) is 29.7 Å². The Balaban J connectivity index is 1.77. The topological polar surface area (TPSA) is 90.9 Å². The SMILES string of the molecule is C=C1OC(=O)C(C[C@H](Cc2ccc(-c3cccc(F)c3)cc2)NC(=O)OC(C)(C)C)C(=O)O1. The number of ether oxygens (including phenoxy) is 3. The summed E-state index contributed by atoms with van der Waals surface area (Å²) in [6.07, 6.45) is -0.415. The molecule has 1 heterocycles. The Morgan fingerprint density at radius 3 is 2.30 bits per heavy atom. The normalized spacial score (nSPS) is 15.5. The second kappa shape index (κ2) is 9.85. The van der Waals surface area contributed by atoms with Gasteiger partial charge in [-0.3, -0.25) is 9.59 Å². The molecule has 1 aliphatic rings. The van der Waals surface area contributed by atoms with Crippen molar-refractivity contribution in [3.8, 4) is 11.1 Å². The second-order valence-corrected chi connectivity index (χ2v) is 8.76. The number of rotatable bonds is 6. The number of esters is 2. The van der Waals surface area contributed by atoms with Crippen LogP contribution in [0.15, 0.2) is 61.1 Å². The number of benzene rings is 2. The van der Waals surface area contributed by atoms with E-state index < -0.39 is 35.6 Å². The lowest BCUT2D eigenvalue weighted by Gasteiger charge is -2.27. The van der Waals surface area contributed by atoms with Crippen LogP contribution in [0.1, 0.15) is 32.8 Å². The molecule has 1 amide bonds. The molecule has 3 rings (SSSR count). The highest BCUT2D eigenvalue weighted by Gasteiger charge is 2.38. The molecule has 1 saturated heterocycles. The Morgan fingerprint density at radius 1 is 1.09 bits per heavy atom. The van der Waals surface area contributed by atoms with Crippen molar-refractivity contribution in [1.29, 1.82) is 0 Å². The van der Waals surface area contributed by atoms with Gasteiger partial charge in [-0.25, -0.2) is 9.18 Å². The minimum Gasteiger partial charge on any atom is -0.444 e. The van der Waals surface area contributed by atoms with E-state index in [9.17, 15) is 18.8 Å². The monoisotopic (exact) mass is 455 g/mol. The third kappa shape index (κ3) is 6.90. The summed E-state index contributed by atoms with van der Waals surface area (Å²) in [5.41, 5.74) is 1.67. The van der Waals surface area contributed by atoms with Crippen molar-refractivity contribution < 1.29 is 33.0 Å². The van der Waals surface area contributed by atoms with Crippen LogP contribution >= 0.6 is 0 Å². The van der Waals surface area contributed by atoms with Crippen LogP contribution < -0.4 is 5.32 Å². The molecular formula is C25H26FNO6. The first-order chi connectivity index (χ1) is 15.5. The van der Waals surface area contributed by atoms with Gasteiger partial charge in [0.1, 0.15) is 11.4 Å². The van der Waals surface area contributed by atoms with E-state index in [0.29, 0.717) is 6.42 Å².